The lowest BCUT2D eigenvalue weighted by Crippen LogP contribution is -2.32. The first-order valence-electron chi connectivity index (χ1n) is 6.21. The molecule has 0 aromatic rings. The number of hydrogen-bond acceptors (Lipinski definition) is 6. The molecule has 2 aliphatic rings. The summed E-state index contributed by atoms with van der Waals surface area (Å²) in [5.41, 5.74) is 0. The van der Waals surface area contributed by atoms with Crippen molar-refractivity contribution in [2.24, 2.45) is 0 Å². The van der Waals surface area contributed by atoms with Crippen LogP contribution in [0.4, 0.5) is 0 Å². The lowest BCUT2D eigenvalue weighted by Gasteiger charge is -2.08. The van der Waals surface area contributed by atoms with Crippen LogP contribution in [0.15, 0.2) is 0 Å². The van der Waals surface area contributed by atoms with Crippen molar-refractivity contribution in [1.29, 1.82) is 0 Å². The summed E-state index contributed by atoms with van der Waals surface area (Å²) in [6.45, 7) is 2.19. The van der Waals surface area contributed by atoms with Gasteiger partial charge in [-0.15, -0.1) is 0 Å². The van der Waals surface area contributed by atoms with Crippen LogP contribution in [0.5, 0.6) is 0 Å². The van der Waals surface area contributed by atoms with E-state index in [9.17, 15) is 24.0 Å². The summed E-state index contributed by atoms with van der Waals surface area (Å²) >= 11 is 3.87. The third-order valence-corrected chi connectivity index (χ3v) is 3.35. The Morgan fingerprint density at radius 3 is 1.95 bits per heavy atom. The van der Waals surface area contributed by atoms with Gasteiger partial charge in [0.2, 0.25) is 23.6 Å². The third-order valence-electron chi connectivity index (χ3n) is 2.95. The smallest absolute Gasteiger partial charge is 0.242 e. The minimum Gasteiger partial charge on any atom is -0.301 e. The molecule has 1 atom stereocenters. The fraction of sp³-hybridized carbons (Fsp3) is 0.583. The second kappa shape index (κ2) is 7.18. The molecule has 2 aliphatic heterocycles. The summed E-state index contributed by atoms with van der Waals surface area (Å²) in [7, 11) is 0. The Balaban J connectivity index is 0.000000204. The van der Waals surface area contributed by atoms with Crippen LogP contribution in [-0.2, 0) is 24.0 Å². The van der Waals surface area contributed by atoms with Crippen LogP contribution in [0.3, 0.4) is 0 Å². The topological polar surface area (TPSA) is 91.8 Å². The number of imide groups is 2. The van der Waals surface area contributed by atoms with E-state index in [-0.39, 0.29) is 36.6 Å². The Morgan fingerprint density at radius 2 is 1.65 bits per heavy atom. The van der Waals surface area contributed by atoms with Gasteiger partial charge < -0.3 is 4.79 Å². The molecular formula is C12H16N2O5S. The average molecular weight is 300 g/mol. The zero-order valence-corrected chi connectivity index (χ0v) is 12.0. The van der Waals surface area contributed by atoms with Crippen molar-refractivity contribution in [2.45, 2.75) is 31.4 Å². The first-order valence-corrected chi connectivity index (χ1v) is 6.73. The van der Waals surface area contributed by atoms with Crippen molar-refractivity contribution >= 4 is 42.5 Å². The standard InChI is InChI=1S/C6H7NO3S.C6H9NO2/c8-2-1-7-5(9)3-4(11)6(7)10;1-2-7-5(8)3-4-6(7)9/h2,4,11H,1,3H2;2-4H2,1H3. The number of hydrogen-bond donors (Lipinski definition) is 1. The molecule has 20 heavy (non-hydrogen) atoms. The van der Waals surface area contributed by atoms with E-state index in [1.54, 1.807) is 6.92 Å². The van der Waals surface area contributed by atoms with Gasteiger partial charge >= 0.3 is 0 Å². The van der Waals surface area contributed by atoms with Crippen molar-refractivity contribution in [1.82, 2.24) is 9.80 Å². The fourth-order valence-electron chi connectivity index (χ4n) is 1.91. The first kappa shape index (κ1) is 16.4. The van der Waals surface area contributed by atoms with E-state index in [1.807, 2.05) is 0 Å². The zero-order valence-electron chi connectivity index (χ0n) is 11.1. The molecule has 1 unspecified atom stereocenters. The van der Waals surface area contributed by atoms with Crippen LogP contribution in [-0.4, -0.2) is 58.1 Å². The molecule has 0 aromatic heterocycles. The molecule has 0 aromatic carbocycles. The van der Waals surface area contributed by atoms with Gasteiger partial charge in [0.15, 0.2) is 0 Å². The highest BCUT2D eigenvalue weighted by atomic mass is 32.1. The first-order chi connectivity index (χ1) is 9.42. The summed E-state index contributed by atoms with van der Waals surface area (Å²) in [6, 6.07) is 0. The van der Waals surface area contributed by atoms with Gasteiger partial charge in [-0.3, -0.25) is 29.0 Å². The highest BCUT2D eigenvalue weighted by Gasteiger charge is 2.35. The van der Waals surface area contributed by atoms with Crippen molar-refractivity contribution < 1.29 is 24.0 Å². The average Bonchev–Trinajstić information content (AvgIpc) is 2.85. The number of amides is 4. The predicted molar refractivity (Wildman–Crippen MR) is 71.8 cm³/mol. The Morgan fingerprint density at radius 1 is 1.10 bits per heavy atom. The van der Waals surface area contributed by atoms with Crippen molar-refractivity contribution in [3.8, 4) is 0 Å². The fourth-order valence-corrected chi connectivity index (χ4v) is 2.20. The lowest BCUT2D eigenvalue weighted by molar-refractivity contribution is -0.140. The summed E-state index contributed by atoms with van der Waals surface area (Å²) < 4.78 is 0. The number of carbonyl (C=O) groups is 5. The van der Waals surface area contributed by atoms with E-state index < -0.39 is 5.25 Å². The second-order valence-corrected chi connectivity index (χ2v) is 4.88. The Hall–Kier alpha value is -1.70. The maximum absolute atomic E-state index is 11.0. The van der Waals surface area contributed by atoms with Gasteiger partial charge in [-0.2, -0.15) is 12.6 Å². The maximum Gasteiger partial charge on any atom is 0.242 e. The Bertz CT molecular complexity index is 435. The number of rotatable bonds is 3. The van der Waals surface area contributed by atoms with Crippen LogP contribution < -0.4 is 0 Å². The van der Waals surface area contributed by atoms with E-state index in [0.717, 1.165) is 4.90 Å². The largest absolute Gasteiger partial charge is 0.301 e. The summed E-state index contributed by atoms with van der Waals surface area (Å²) in [6.07, 6.45) is 1.46. The van der Waals surface area contributed by atoms with Crippen LogP contribution >= 0.6 is 12.6 Å². The number of aldehydes is 1. The molecule has 4 amide bonds. The molecule has 2 heterocycles. The molecule has 2 fully saturated rings. The molecule has 2 saturated heterocycles. The van der Waals surface area contributed by atoms with E-state index in [0.29, 0.717) is 25.7 Å². The molecule has 0 saturated carbocycles. The van der Waals surface area contributed by atoms with Gasteiger partial charge in [-0.25, -0.2) is 0 Å². The van der Waals surface area contributed by atoms with Gasteiger partial charge in [0.05, 0.1) is 11.8 Å². The Labute approximate surface area is 121 Å². The highest BCUT2D eigenvalue weighted by Crippen LogP contribution is 2.16. The molecule has 0 radical (unpaired) electrons. The van der Waals surface area contributed by atoms with E-state index in [2.05, 4.69) is 12.6 Å². The molecule has 110 valence electrons. The summed E-state index contributed by atoms with van der Waals surface area (Å²) in [5, 5.41) is -0.553. The summed E-state index contributed by atoms with van der Waals surface area (Å²) in [4.78, 5) is 55.5. The van der Waals surface area contributed by atoms with Gasteiger partial charge in [0.1, 0.15) is 6.29 Å². The summed E-state index contributed by atoms with van der Waals surface area (Å²) in [5.74, 6) is -0.738. The number of carbonyl (C=O) groups excluding carboxylic acids is 5. The lowest BCUT2D eigenvalue weighted by atomic mass is 10.4. The third kappa shape index (κ3) is 3.66. The number of thiol groups is 1. The van der Waals surface area contributed by atoms with Crippen LogP contribution in [0, 0.1) is 0 Å². The maximum atomic E-state index is 11.0. The minimum absolute atomic E-state index is 0.0255. The van der Waals surface area contributed by atoms with Gasteiger partial charge in [0, 0.05) is 25.8 Å². The molecular weight excluding hydrogens is 284 g/mol. The van der Waals surface area contributed by atoms with E-state index in [4.69, 9.17) is 0 Å². The predicted octanol–water partition coefficient (Wildman–Crippen LogP) is -0.602. The number of nitrogens with zero attached hydrogens (tertiary/aromatic N) is 2. The zero-order chi connectivity index (χ0) is 15.3. The van der Waals surface area contributed by atoms with Gasteiger partial charge in [0.25, 0.3) is 0 Å². The molecule has 2 rings (SSSR count). The number of likely N-dealkylation sites (tertiary alicyclic amines) is 2. The second-order valence-electron chi connectivity index (χ2n) is 4.26. The Kier molecular flexibility index (Phi) is 5.87. The van der Waals surface area contributed by atoms with Gasteiger partial charge in [-0.1, -0.05) is 0 Å². The SMILES string of the molecule is CCN1C(=O)CCC1=O.O=CCN1C(=O)CC(S)C1=O. The van der Waals surface area contributed by atoms with Crippen LogP contribution in [0.1, 0.15) is 26.2 Å². The van der Waals surface area contributed by atoms with E-state index >= 15 is 0 Å². The van der Waals surface area contributed by atoms with Crippen LogP contribution in [0.25, 0.3) is 0 Å². The van der Waals surface area contributed by atoms with E-state index in [1.165, 1.54) is 4.90 Å². The van der Waals surface area contributed by atoms with Crippen LogP contribution in [0.2, 0.25) is 0 Å². The van der Waals surface area contributed by atoms with Crippen molar-refractivity contribution in [2.75, 3.05) is 13.1 Å². The molecule has 0 N–H and O–H groups in total. The quantitative estimate of drug-likeness (QED) is 0.427. The molecule has 7 nitrogen and oxygen atoms in total. The molecule has 0 aliphatic carbocycles. The highest BCUT2D eigenvalue weighted by molar-refractivity contribution is 7.81. The van der Waals surface area contributed by atoms with Crippen molar-refractivity contribution in [3.05, 3.63) is 0 Å². The monoisotopic (exact) mass is 300 g/mol. The van der Waals surface area contributed by atoms with Gasteiger partial charge in [-0.05, 0) is 6.92 Å². The molecule has 8 heteroatoms. The normalized spacial score (nSPS) is 22.2. The molecule has 0 spiro atoms. The molecule has 0 bridgehead atoms. The minimum atomic E-state index is -0.553. The van der Waals surface area contributed by atoms with Crippen molar-refractivity contribution in [3.63, 3.8) is 0 Å².